The van der Waals surface area contributed by atoms with E-state index in [1.54, 1.807) is 33.1 Å². The van der Waals surface area contributed by atoms with E-state index in [1.807, 2.05) is 17.0 Å². The number of ether oxygens (including phenoxy) is 3. The molecule has 1 saturated heterocycles. The highest BCUT2D eigenvalue weighted by molar-refractivity contribution is 7.99. The van der Waals surface area contributed by atoms with Crippen LogP contribution in [0.25, 0.3) is 0 Å². The van der Waals surface area contributed by atoms with Crippen LogP contribution in [0.2, 0.25) is 0 Å². The average Bonchev–Trinajstić information content (AvgIpc) is 3.39. The molecule has 1 atom stereocenters. The third-order valence-corrected chi connectivity index (χ3v) is 5.60. The molecule has 23 heavy (non-hydrogen) atoms. The summed E-state index contributed by atoms with van der Waals surface area (Å²) in [6.07, 6.45) is 3.09. The van der Waals surface area contributed by atoms with Crippen LogP contribution in [0.5, 0.6) is 17.2 Å². The van der Waals surface area contributed by atoms with Crippen molar-refractivity contribution < 1.29 is 19.0 Å². The highest BCUT2D eigenvalue weighted by Crippen LogP contribution is 2.46. The van der Waals surface area contributed by atoms with Gasteiger partial charge in [-0.1, -0.05) is 0 Å². The number of hydrogen-bond acceptors (Lipinski definition) is 5. The van der Waals surface area contributed by atoms with Crippen LogP contribution in [0.3, 0.4) is 0 Å². The molecule has 1 unspecified atom stereocenters. The first-order valence-corrected chi connectivity index (χ1v) is 8.93. The summed E-state index contributed by atoms with van der Waals surface area (Å²) >= 11 is 1.80. The number of amides is 1. The molecule has 0 spiro atoms. The smallest absolute Gasteiger partial charge is 0.224 e. The van der Waals surface area contributed by atoms with Crippen LogP contribution in [0.15, 0.2) is 12.1 Å². The van der Waals surface area contributed by atoms with Crippen LogP contribution in [0, 0.1) is 5.92 Å². The molecule has 1 heterocycles. The topological polar surface area (TPSA) is 48.0 Å². The van der Waals surface area contributed by atoms with Crippen LogP contribution < -0.4 is 14.2 Å². The van der Waals surface area contributed by atoms with E-state index in [0.29, 0.717) is 29.6 Å². The van der Waals surface area contributed by atoms with Gasteiger partial charge in [0.25, 0.3) is 0 Å². The second-order valence-corrected chi connectivity index (χ2v) is 7.11. The lowest BCUT2D eigenvalue weighted by atomic mass is 10.1. The monoisotopic (exact) mass is 337 g/mol. The molecule has 0 aromatic heterocycles. The molecule has 0 radical (unpaired) electrons. The van der Waals surface area contributed by atoms with E-state index in [-0.39, 0.29) is 11.3 Å². The SMILES string of the molecule is COc1cc(C2SCCC(=O)N2CC2CC2)cc(OC)c1OC. The summed E-state index contributed by atoms with van der Waals surface area (Å²) in [6, 6.07) is 3.91. The number of methoxy groups -OCH3 is 3. The van der Waals surface area contributed by atoms with Crippen molar-refractivity contribution in [1.82, 2.24) is 4.90 Å². The van der Waals surface area contributed by atoms with Gasteiger partial charge in [0, 0.05) is 18.7 Å². The van der Waals surface area contributed by atoms with Gasteiger partial charge in [-0.3, -0.25) is 4.79 Å². The van der Waals surface area contributed by atoms with Gasteiger partial charge in [-0.25, -0.2) is 0 Å². The van der Waals surface area contributed by atoms with Crippen molar-refractivity contribution in [3.63, 3.8) is 0 Å². The molecule has 126 valence electrons. The lowest BCUT2D eigenvalue weighted by Gasteiger charge is -2.36. The fourth-order valence-electron chi connectivity index (χ4n) is 2.92. The molecular formula is C17H23NO4S. The van der Waals surface area contributed by atoms with Crippen LogP contribution >= 0.6 is 11.8 Å². The number of carbonyl (C=O) groups excluding carboxylic acids is 1. The first kappa shape index (κ1) is 16.3. The van der Waals surface area contributed by atoms with Crippen molar-refractivity contribution in [3.05, 3.63) is 17.7 Å². The molecule has 6 heteroatoms. The van der Waals surface area contributed by atoms with Crippen molar-refractivity contribution in [2.45, 2.75) is 24.6 Å². The lowest BCUT2D eigenvalue weighted by molar-refractivity contribution is -0.132. The van der Waals surface area contributed by atoms with E-state index in [9.17, 15) is 4.79 Å². The number of carbonyl (C=O) groups is 1. The molecule has 1 amide bonds. The molecule has 1 saturated carbocycles. The van der Waals surface area contributed by atoms with Gasteiger partial charge >= 0.3 is 0 Å². The quantitative estimate of drug-likeness (QED) is 0.798. The Balaban J connectivity index is 1.95. The molecule has 1 aromatic rings. The van der Waals surface area contributed by atoms with E-state index in [4.69, 9.17) is 14.2 Å². The molecule has 0 bridgehead atoms. The van der Waals surface area contributed by atoms with Gasteiger partial charge in [-0.05, 0) is 36.5 Å². The van der Waals surface area contributed by atoms with Gasteiger partial charge in [0.2, 0.25) is 11.7 Å². The molecule has 5 nitrogen and oxygen atoms in total. The maximum absolute atomic E-state index is 12.4. The fraction of sp³-hybridized carbons (Fsp3) is 0.588. The number of rotatable bonds is 6. The molecule has 1 aliphatic heterocycles. The van der Waals surface area contributed by atoms with Crippen molar-refractivity contribution >= 4 is 17.7 Å². The van der Waals surface area contributed by atoms with E-state index >= 15 is 0 Å². The van der Waals surface area contributed by atoms with Gasteiger partial charge in [0.15, 0.2) is 11.5 Å². The number of thioether (sulfide) groups is 1. The molecule has 3 rings (SSSR count). The molecule has 0 N–H and O–H groups in total. The first-order valence-electron chi connectivity index (χ1n) is 7.89. The van der Waals surface area contributed by atoms with E-state index in [2.05, 4.69) is 0 Å². The Morgan fingerprint density at radius 2 is 1.78 bits per heavy atom. The third kappa shape index (κ3) is 3.37. The largest absolute Gasteiger partial charge is 0.493 e. The predicted octanol–water partition coefficient (Wildman–Crippen LogP) is 3.09. The van der Waals surface area contributed by atoms with Gasteiger partial charge in [-0.2, -0.15) is 0 Å². The summed E-state index contributed by atoms with van der Waals surface area (Å²) in [4.78, 5) is 14.4. The zero-order valence-corrected chi connectivity index (χ0v) is 14.6. The summed E-state index contributed by atoms with van der Waals surface area (Å²) in [6.45, 7) is 0.854. The second-order valence-electron chi connectivity index (χ2n) is 5.92. The Morgan fingerprint density at radius 1 is 1.13 bits per heavy atom. The van der Waals surface area contributed by atoms with Gasteiger partial charge < -0.3 is 19.1 Å². The Morgan fingerprint density at radius 3 is 2.30 bits per heavy atom. The highest BCUT2D eigenvalue weighted by atomic mass is 32.2. The van der Waals surface area contributed by atoms with Crippen LogP contribution in [-0.2, 0) is 4.79 Å². The summed E-state index contributed by atoms with van der Waals surface area (Å²) in [5.41, 5.74) is 1.03. The van der Waals surface area contributed by atoms with E-state index < -0.39 is 0 Å². The van der Waals surface area contributed by atoms with E-state index in [0.717, 1.165) is 17.9 Å². The van der Waals surface area contributed by atoms with Crippen LogP contribution in [0.4, 0.5) is 0 Å². The number of hydrogen-bond donors (Lipinski definition) is 0. The maximum Gasteiger partial charge on any atom is 0.224 e. The number of benzene rings is 1. The Bertz CT molecular complexity index is 563. The first-order chi connectivity index (χ1) is 11.2. The van der Waals surface area contributed by atoms with Gasteiger partial charge in [0.1, 0.15) is 5.37 Å². The summed E-state index contributed by atoms with van der Waals surface area (Å²) in [5.74, 6) is 3.61. The van der Waals surface area contributed by atoms with E-state index in [1.165, 1.54) is 12.8 Å². The van der Waals surface area contributed by atoms with Gasteiger partial charge in [-0.15, -0.1) is 11.8 Å². The number of nitrogens with zero attached hydrogens (tertiary/aromatic N) is 1. The van der Waals surface area contributed by atoms with Crippen LogP contribution in [0.1, 0.15) is 30.2 Å². The van der Waals surface area contributed by atoms with Crippen LogP contribution in [-0.4, -0.2) is 44.4 Å². The molecule has 1 aromatic carbocycles. The standard InChI is InChI=1S/C17H23NO4S/c1-20-13-8-12(9-14(21-2)16(13)22-3)17-18(10-11-4-5-11)15(19)6-7-23-17/h8-9,11,17H,4-7,10H2,1-3H3. The molecular weight excluding hydrogens is 314 g/mol. The highest BCUT2D eigenvalue weighted by Gasteiger charge is 2.35. The maximum atomic E-state index is 12.4. The minimum atomic E-state index is 0.0190. The van der Waals surface area contributed by atoms with Crippen molar-refractivity contribution in [2.24, 2.45) is 5.92 Å². The Hall–Kier alpha value is -1.56. The zero-order valence-electron chi connectivity index (χ0n) is 13.8. The summed E-state index contributed by atoms with van der Waals surface area (Å²) in [7, 11) is 4.82. The molecule has 2 fully saturated rings. The predicted molar refractivity (Wildman–Crippen MR) is 90.4 cm³/mol. The summed E-state index contributed by atoms with van der Waals surface area (Å²) < 4.78 is 16.3. The molecule has 1 aliphatic carbocycles. The zero-order chi connectivity index (χ0) is 16.4. The third-order valence-electron chi connectivity index (χ3n) is 4.32. The van der Waals surface area contributed by atoms with Gasteiger partial charge in [0.05, 0.1) is 21.3 Å². The average molecular weight is 337 g/mol. The summed E-state index contributed by atoms with van der Waals surface area (Å²) in [5, 5.41) is 0.0190. The van der Waals surface area contributed by atoms with Crippen molar-refractivity contribution in [2.75, 3.05) is 33.6 Å². The minimum Gasteiger partial charge on any atom is -0.493 e. The van der Waals surface area contributed by atoms with Crippen molar-refractivity contribution in [1.29, 1.82) is 0 Å². The fourth-order valence-corrected chi connectivity index (χ4v) is 4.15. The van der Waals surface area contributed by atoms with Crippen molar-refractivity contribution in [3.8, 4) is 17.2 Å². The lowest BCUT2D eigenvalue weighted by Crippen LogP contribution is -2.38. The Labute approximate surface area is 141 Å². The Kier molecular flexibility index (Phi) is 4.90. The minimum absolute atomic E-state index is 0.0190. The second kappa shape index (κ2) is 6.91. The molecule has 2 aliphatic rings. The normalized spacial score (nSPS) is 21.3.